The van der Waals surface area contributed by atoms with Crippen molar-refractivity contribution in [2.24, 2.45) is 0 Å². The van der Waals surface area contributed by atoms with Gasteiger partial charge in [0.2, 0.25) is 0 Å². The fraction of sp³-hybridized carbons (Fsp3) is 0.500. The first-order chi connectivity index (χ1) is 28.8. The molecule has 0 fully saturated rings. The van der Waals surface area contributed by atoms with Crippen LogP contribution in [0.25, 0.3) is 0 Å². The van der Waals surface area contributed by atoms with E-state index in [2.05, 4.69) is 13.8 Å². The van der Waals surface area contributed by atoms with Gasteiger partial charge in [-0.15, -0.1) is 0 Å². The van der Waals surface area contributed by atoms with Gasteiger partial charge < -0.3 is 24.2 Å². The van der Waals surface area contributed by atoms with Gasteiger partial charge >= 0.3 is 37.7 Å². The van der Waals surface area contributed by atoms with Crippen molar-refractivity contribution in [3.8, 4) is 34.5 Å². The summed E-state index contributed by atoms with van der Waals surface area (Å²) < 4.78 is 79.2. The molecule has 0 spiro atoms. The Hall–Kier alpha value is -2.84. The van der Waals surface area contributed by atoms with Crippen molar-refractivity contribution in [1.82, 2.24) is 0 Å². The van der Waals surface area contributed by atoms with E-state index in [-0.39, 0.29) is 64.8 Å². The predicted molar refractivity (Wildman–Crippen MR) is 242 cm³/mol. The summed E-state index contributed by atoms with van der Waals surface area (Å²) >= 11 is 0. The topological polar surface area (TPSA) is 173 Å². The van der Waals surface area contributed by atoms with E-state index < -0.39 is 20.2 Å². The Bertz CT molecular complexity index is 1910. The molecule has 4 aromatic carbocycles. The van der Waals surface area contributed by atoms with Crippen molar-refractivity contribution in [2.45, 2.75) is 165 Å². The molecular formula is C48H66CaO10S2. The summed E-state index contributed by atoms with van der Waals surface area (Å²) in [6, 6.07) is 21.6. The van der Waals surface area contributed by atoms with E-state index in [4.69, 9.17) is 9.47 Å². The van der Waals surface area contributed by atoms with Crippen molar-refractivity contribution < 1.29 is 45.6 Å². The van der Waals surface area contributed by atoms with Crippen LogP contribution in [0.15, 0.2) is 94.7 Å². The average molecular weight is 907 g/mol. The number of ether oxygens (including phenoxy) is 2. The normalized spacial score (nSPS) is 11.3. The molecule has 0 atom stereocenters. The molecule has 4 aromatic rings. The van der Waals surface area contributed by atoms with Crippen LogP contribution in [0.5, 0.6) is 34.5 Å². The van der Waals surface area contributed by atoms with E-state index in [1.165, 1.54) is 126 Å². The summed E-state index contributed by atoms with van der Waals surface area (Å²) in [6.45, 7) is 4.44. The zero-order chi connectivity index (χ0) is 43.6. The first-order valence-electron chi connectivity index (χ1n) is 21.9. The standard InChI is InChI=1S/2C24H34O5S.Ca/c2*1-2-3-4-5-6-7-8-9-10-11-14-20-19-21(17-18-24(20)30(26,27)28)29-23-16-13-12-15-22(23)25;/h2*12-13,15-19,25H,2-11,14H2,1H3,(H,26,27,28);/q;;+2/p-2. The molecular weight excluding hydrogens is 841 g/mol. The van der Waals surface area contributed by atoms with Crippen LogP contribution in [0, 0.1) is 0 Å². The van der Waals surface area contributed by atoms with Crippen molar-refractivity contribution >= 4 is 58.0 Å². The molecule has 0 aliphatic heterocycles. The molecule has 0 aromatic heterocycles. The molecule has 0 saturated heterocycles. The number of rotatable bonds is 28. The molecule has 4 rings (SSSR count). The maximum absolute atomic E-state index is 11.8. The zero-order valence-electron chi connectivity index (χ0n) is 36.3. The van der Waals surface area contributed by atoms with E-state index in [1.807, 2.05) is 0 Å². The number of hydrogen-bond acceptors (Lipinski definition) is 9. The van der Waals surface area contributed by atoms with Gasteiger partial charge in [-0.2, -0.15) is 8.42 Å². The molecule has 2 N–H and O–H groups in total. The minimum atomic E-state index is -4.56. The van der Waals surface area contributed by atoms with Crippen LogP contribution in [0.4, 0.5) is 0 Å². The first kappa shape index (κ1) is 54.3. The number of phenolic OH excluding ortho intramolecular Hbond substituents is 1. The van der Waals surface area contributed by atoms with Gasteiger partial charge in [0.1, 0.15) is 27.4 Å². The maximum atomic E-state index is 11.8. The van der Waals surface area contributed by atoms with Crippen molar-refractivity contribution in [3.05, 3.63) is 96.1 Å². The third-order valence-electron chi connectivity index (χ3n) is 10.4. The fourth-order valence-electron chi connectivity index (χ4n) is 7.06. The van der Waals surface area contributed by atoms with E-state index >= 15 is 0 Å². The Morgan fingerprint density at radius 3 is 1.31 bits per heavy atom. The second-order valence-electron chi connectivity index (χ2n) is 15.5. The average Bonchev–Trinajstić information content (AvgIpc) is 3.20. The smallest absolute Gasteiger partial charge is 0.870 e. The Labute approximate surface area is 396 Å². The van der Waals surface area contributed by atoms with Gasteiger partial charge in [0.15, 0.2) is 11.5 Å². The van der Waals surface area contributed by atoms with Gasteiger partial charge in [-0.1, -0.05) is 166 Å². The van der Waals surface area contributed by atoms with Crippen molar-refractivity contribution in [2.75, 3.05) is 0 Å². The summed E-state index contributed by atoms with van der Waals surface area (Å²) in [7, 11) is -8.86. The number of benzene rings is 4. The molecule has 0 radical (unpaired) electrons. The molecule has 10 nitrogen and oxygen atoms in total. The second kappa shape index (κ2) is 30.3. The number of hydrogen-bond donors (Lipinski definition) is 2. The number of aryl methyl sites for hydroxylation is 2. The Morgan fingerprint density at radius 1 is 0.508 bits per heavy atom. The molecule has 13 heteroatoms. The molecule has 0 saturated carbocycles. The van der Waals surface area contributed by atoms with Crippen LogP contribution < -0.4 is 14.6 Å². The van der Waals surface area contributed by atoms with Crippen LogP contribution in [-0.4, -0.2) is 68.8 Å². The molecule has 0 aliphatic carbocycles. The molecule has 0 unspecified atom stereocenters. The van der Waals surface area contributed by atoms with Gasteiger partial charge in [-0.3, -0.25) is 4.55 Å². The summed E-state index contributed by atoms with van der Waals surface area (Å²) in [5.41, 5.74) is 0.982. The monoisotopic (exact) mass is 906 g/mol. The van der Waals surface area contributed by atoms with E-state index in [0.29, 0.717) is 41.2 Å². The van der Waals surface area contributed by atoms with E-state index in [0.717, 1.165) is 38.5 Å². The quantitative estimate of drug-likeness (QED) is 0.0317. The van der Waals surface area contributed by atoms with Crippen LogP contribution >= 0.6 is 0 Å². The van der Waals surface area contributed by atoms with Gasteiger partial charge in [0.05, 0.1) is 9.79 Å². The maximum Gasteiger partial charge on any atom is 2.00 e. The Morgan fingerprint density at radius 2 is 0.885 bits per heavy atom. The van der Waals surface area contributed by atoms with Crippen LogP contribution in [-0.2, 0) is 33.1 Å². The third-order valence-corrected chi connectivity index (χ3v) is 12.3. The van der Waals surface area contributed by atoms with Crippen molar-refractivity contribution in [1.29, 1.82) is 0 Å². The van der Waals surface area contributed by atoms with Crippen molar-refractivity contribution in [3.63, 3.8) is 0 Å². The zero-order valence-corrected chi connectivity index (χ0v) is 40.2. The molecule has 332 valence electrons. The third kappa shape index (κ3) is 21.9. The Balaban J connectivity index is 0.000000413. The first-order valence-corrected chi connectivity index (χ1v) is 24.8. The summed E-state index contributed by atoms with van der Waals surface area (Å²) in [5, 5.41) is 21.7. The number of aromatic hydroxyl groups is 1. The minimum absolute atomic E-state index is 0. The largest absolute Gasteiger partial charge is 2.00 e. The van der Waals surface area contributed by atoms with Gasteiger partial charge in [-0.25, -0.2) is 8.42 Å². The molecule has 0 heterocycles. The SMILES string of the molecule is CCCCCCCCCCCCc1cc(Oc2ccccc2O)ccc1S(=O)(=O)O.CCCCCCCCCCCCc1cc(Oc2ccccc2[O-])ccc1S(=O)(=O)[O-].[Ca+2]. The molecule has 61 heavy (non-hydrogen) atoms. The van der Waals surface area contributed by atoms with Crippen LogP contribution in [0.2, 0.25) is 0 Å². The van der Waals surface area contributed by atoms with Crippen LogP contribution in [0.3, 0.4) is 0 Å². The van der Waals surface area contributed by atoms with Gasteiger partial charge in [0, 0.05) is 0 Å². The summed E-state index contributed by atoms with van der Waals surface area (Å²) in [6.07, 6.45) is 24.8. The summed E-state index contributed by atoms with van der Waals surface area (Å²) in [4.78, 5) is -0.288. The number of phenols is 1. The van der Waals surface area contributed by atoms with E-state index in [9.17, 15) is 36.2 Å². The van der Waals surface area contributed by atoms with Gasteiger partial charge in [0.25, 0.3) is 10.1 Å². The predicted octanol–water partition coefficient (Wildman–Crippen LogP) is 12.4. The number of para-hydroxylation sites is 4. The molecule has 0 bridgehead atoms. The molecule has 0 amide bonds. The summed E-state index contributed by atoms with van der Waals surface area (Å²) in [5.74, 6) is 0.989. The van der Waals surface area contributed by atoms with E-state index in [1.54, 1.807) is 48.5 Å². The number of unbranched alkanes of at least 4 members (excludes halogenated alkanes) is 18. The Kier molecular flexibility index (Phi) is 27.0. The second-order valence-corrected chi connectivity index (χ2v) is 18.2. The fourth-order valence-corrected chi connectivity index (χ4v) is 8.51. The van der Waals surface area contributed by atoms with Crippen LogP contribution in [0.1, 0.15) is 153 Å². The van der Waals surface area contributed by atoms with Gasteiger partial charge in [-0.05, 0) is 91.4 Å². The molecule has 0 aliphatic rings. The minimum Gasteiger partial charge on any atom is -0.870 e.